The van der Waals surface area contributed by atoms with Gasteiger partial charge in [-0.15, -0.1) is 0 Å². The van der Waals surface area contributed by atoms with Gasteiger partial charge in [0.05, 0.1) is 49.8 Å². The fourth-order valence-electron chi connectivity index (χ4n) is 4.23. The van der Waals surface area contributed by atoms with E-state index in [0.29, 0.717) is 0 Å². The molecule has 0 radical (unpaired) electrons. The highest BCUT2D eigenvalue weighted by atomic mass is 16.8. The van der Waals surface area contributed by atoms with Crippen LogP contribution in [0.3, 0.4) is 0 Å². The molecule has 1 saturated carbocycles. The van der Waals surface area contributed by atoms with Crippen LogP contribution in [-0.4, -0.2) is 111 Å². The number of fused-ring (bicyclic) bond motifs is 1. The van der Waals surface area contributed by atoms with Crippen molar-refractivity contribution in [2.24, 2.45) is 11.8 Å². The highest BCUT2D eigenvalue weighted by molar-refractivity contribution is 5.89. The van der Waals surface area contributed by atoms with E-state index in [9.17, 15) is 40.5 Å². The summed E-state index contributed by atoms with van der Waals surface area (Å²) in [7, 11) is 1.13. The van der Waals surface area contributed by atoms with Crippen LogP contribution in [0.25, 0.3) is 0 Å². The maximum absolute atomic E-state index is 12.0. The van der Waals surface area contributed by atoms with Gasteiger partial charge in [0.25, 0.3) is 0 Å². The summed E-state index contributed by atoms with van der Waals surface area (Å²) >= 11 is 0. The zero-order valence-electron chi connectivity index (χ0n) is 15.6. The Morgan fingerprint density at radius 3 is 2.45 bits per heavy atom. The van der Waals surface area contributed by atoms with Crippen molar-refractivity contribution >= 4 is 5.97 Å². The SMILES string of the molecule is COC(=O)C1=COC(OC2OC(CO)C(O)C(O)C2O)C2C1C(O)CC2(O)CO. The predicted molar refractivity (Wildman–Crippen MR) is 89.5 cm³/mol. The van der Waals surface area contributed by atoms with E-state index in [2.05, 4.69) is 4.74 Å². The van der Waals surface area contributed by atoms with Crippen molar-refractivity contribution in [3.05, 3.63) is 11.8 Å². The van der Waals surface area contributed by atoms with Gasteiger partial charge >= 0.3 is 5.97 Å². The summed E-state index contributed by atoms with van der Waals surface area (Å²) in [6.45, 7) is -1.45. The van der Waals surface area contributed by atoms with Crippen molar-refractivity contribution in [2.45, 2.75) is 55.1 Å². The highest BCUT2D eigenvalue weighted by Crippen LogP contribution is 2.49. The summed E-state index contributed by atoms with van der Waals surface area (Å²) in [5.74, 6) is -2.97. The standard InChI is InChI=1S/C17H26O12/c1-26-14(24)6-4-27-15(10-9(6)7(20)2-17(10,25)5-19)29-16-13(23)12(22)11(21)8(3-18)28-16/h4,7-13,15-16,18-23,25H,2-3,5H2,1H3. The van der Waals surface area contributed by atoms with Crippen LogP contribution >= 0.6 is 0 Å². The van der Waals surface area contributed by atoms with Crippen molar-refractivity contribution in [3.63, 3.8) is 0 Å². The molecule has 0 bridgehead atoms. The van der Waals surface area contributed by atoms with E-state index in [1.54, 1.807) is 0 Å². The van der Waals surface area contributed by atoms with Gasteiger partial charge in [0.1, 0.15) is 24.4 Å². The maximum atomic E-state index is 12.0. The van der Waals surface area contributed by atoms with Gasteiger partial charge in [-0.05, 0) is 0 Å². The van der Waals surface area contributed by atoms with E-state index in [4.69, 9.17) is 14.2 Å². The Balaban J connectivity index is 1.89. The van der Waals surface area contributed by atoms with Crippen LogP contribution < -0.4 is 0 Å². The molecule has 10 atom stereocenters. The molecule has 1 saturated heterocycles. The molecule has 29 heavy (non-hydrogen) atoms. The van der Waals surface area contributed by atoms with Crippen LogP contribution in [-0.2, 0) is 23.7 Å². The molecule has 0 spiro atoms. The summed E-state index contributed by atoms with van der Waals surface area (Å²) in [4.78, 5) is 12.0. The zero-order valence-corrected chi connectivity index (χ0v) is 15.6. The number of carbonyl (C=O) groups is 1. The van der Waals surface area contributed by atoms with Gasteiger partial charge in [-0.3, -0.25) is 0 Å². The molecule has 2 fully saturated rings. The molecule has 12 nitrogen and oxygen atoms in total. The zero-order chi connectivity index (χ0) is 21.5. The minimum Gasteiger partial charge on any atom is -0.471 e. The molecule has 0 aromatic carbocycles. The molecule has 3 aliphatic rings. The normalized spacial score (nSPS) is 47.2. The van der Waals surface area contributed by atoms with Crippen LogP contribution in [0.4, 0.5) is 0 Å². The first-order valence-electron chi connectivity index (χ1n) is 9.09. The van der Waals surface area contributed by atoms with Crippen molar-refractivity contribution in [1.82, 2.24) is 0 Å². The van der Waals surface area contributed by atoms with E-state index < -0.39 is 79.7 Å². The van der Waals surface area contributed by atoms with Crippen LogP contribution in [0.15, 0.2) is 11.8 Å². The summed E-state index contributed by atoms with van der Waals surface area (Å²) in [5.41, 5.74) is -1.96. The van der Waals surface area contributed by atoms with Gasteiger partial charge in [-0.25, -0.2) is 4.79 Å². The van der Waals surface area contributed by atoms with Gasteiger partial charge in [0, 0.05) is 12.3 Å². The molecule has 7 N–H and O–H groups in total. The van der Waals surface area contributed by atoms with Crippen LogP contribution in [0.1, 0.15) is 6.42 Å². The number of methoxy groups -OCH3 is 1. The highest BCUT2D eigenvalue weighted by Gasteiger charge is 2.61. The average Bonchev–Trinajstić information content (AvgIpc) is 2.99. The minimum absolute atomic E-state index is 0.0666. The Morgan fingerprint density at radius 2 is 1.86 bits per heavy atom. The summed E-state index contributed by atoms with van der Waals surface area (Å²) in [6, 6.07) is 0. The van der Waals surface area contributed by atoms with Crippen LogP contribution in [0.5, 0.6) is 0 Å². The van der Waals surface area contributed by atoms with Gasteiger partial charge in [-0.1, -0.05) is 0 Å². The van der Waals surface area contributed by atoms with E-state index in [1.807, 2.05) is 0 Å². The average molecular weight is 422 g/mol. The Morgan fingerprint density at radius 1 is 1.17 bits per heavy atom. The Hall–Kier alpha value is -1.35. The van der Waals surface area contributed by atoms with Gasteiger partial charge in [-0.2, -0.15) is 0 Å². The minimum atomic E-state index is -1.89. The molecule has 10 unspecified atom stereocenters. The fraction of sp³-hybridized carbons (Fsp3) is 0.824. The lowest BCUT2D eigenvalue weighted by Gasteiger charge is -2.44. The lowest BCUT2D eigenvalue weighted by atomic mass is 9.80. The Labute approximate surface area is 165 Å². The van der Waals surface area contributed by atoms with Gasteiger partial charge in [0.2, 0.25) is 6.29 Å². The third-order valence-corrected chi connectivity index (χ3v) is 5.78. The number of rotatable bonds is 5. The van der Waals surface area contributed by atoms with Crippen LogP contribution in [0, 0.1) is 11.8 Å². The second kappa shape index (κ2) is 8.41. The Bertz CT molecular complexity index is 638. The molecular weight excluding hydrogens is 396 g/mol. The third-order valence-electron chi connectivity index (χ3n) is 5.78. The van der Waals surface area contributed by atoms with E-state index in [0.717, 1.165) is 13.4 Å². The molecule has 2 aliphatic heterocycles. The van der Waals surface area contributed by atoms with Crippen molar-refractivity contribution < 1.29 is 59.5 Å². The first-order valence-corrected chi connectivity index (χ1v) is 9.09. The van der Waals surface area contributed by atoms with Crippen molar-refractivity contribution in [1.29, 1.82) is 0 Å². The maximum Gasteiger partial charge on any atom is 0.337 e. The smallest absolute Gasteiger partial charge is 0.337 e. The second-order valence-corrected chi connectivity index (χ2v) is 7.49. The fourth-order valence-corrected chi connectivity index (χ4v) is 4.23. The largest absolute Gasteiger partial charge is 0.471 e. The number of hydrogen-bond acceptors (Lipinski definition) is 12. The molecule has 166 valence electrons. The van der Waals surface area contributed by atoms with E-state index in [-0.39, 0.29) is 12.0 Å². The van der Waals surface area contributed by atoms with E-state index >= 15 is 0 Å². The van der Waals surface area contributed by atoms with Crippen LogP contribution in [0.2, 0.25) is 0 Å². The third kappa shape index (κ3) is 3.76. The lowest BCUT2D eigenvalue weighted by Crippen LogP contribution is -2.61. The van der Waals surface area contributed by atoms with Crippen molar-refractivity contribution in [3.8, 4) is 0 Å². The number of ether oxygens (including phenoxy) is 4. The van der Waals surface area contributed by atoms with E-state index in [1.165, 1.54) is 0 Å². The quantitative estimate of drug-likeness (QED) is 0.212. The summed E-state index contributed by atoms with van der Waals surface area (Å²) < 4.78 is 20.9. The van der Waals surface area contributed by atoms with Gasteiger partial charge < -0.3 is 54.7 Å². The number of carbonyl (C=O) groups excluding carboxylic acids is 1. The molecule has 0 amide bonds. The molecule has 2 heterocycles. The summed E-state index contributed by atoms with van der Waals surface area (Å²) in [6.07, 6.45) is -9.76. The number of aliphatic hydroxyl groups is 7. The topological polar surface area (TPSA) is 196 Å². The number of esters is 1. The molecule has 1 aliphatic carbocycles. The molecular formula is C17H26O12. The van der Waals surface area contributed by atoms with Gasteiger partial charge in [0.15, 0.2) is 6.29 Å². The summed E-state index contributed by atoms with van der Waals surface area (Å²) in [5, 5.41) is 70.2. The Kier molecular flexibility index (Phi) is 6.48. The second-order valence-electron chi connectivity index (χ2n) is 7.49. The van der Waals surface area contributed by atoms with Crippen molar-refractivity contribution in [2.75, 3.05) is 20.3 Å². The monoisotopic (exact) mass is 422 g/mol. The molecule has 12 heteroatoms. The number of hydrogen-bond donors (Lipinski definition) is 7. The number of aliphatic hydroxyl groups excluding tert-OH is 6. The lowest BCUT2D eigenvalue weighted by molar-refractivity contribution is -0.347. The first kappa shape index (κ1) is 22.3. The molecule has 3 rings (SSSR count). The molecule has 0 aromatic rings. The predicted octanol–water partition coefficient (Wildman–Crippen LogP) is -4.06. The first-order chi connectivity index (χ1) is 13.7. The molecule has 0 aromatic heterocycles.